The number of hydrogen-bond acceptors (Lipinski definition) is 4. The van der Waals surface area contributed by atoms with Gasteiger partial charge in [-0.1, -0.05) is 30.3 Å². The molecule has 3 aliphatic heterocycles. The highest BCUT2D eigenvalue weighted by atomic mass is 16.5. The summed E-state index contributed by atoms with van der Waals surface area (Å²) in [7, 11) is 0. The van der Waals surface area contributed by atoms with E-state index in [0.717, 1.165) is 71.5 Å². The summed E-state index contributed by atoms with van der Waals surface area (Å²) in [6.45, 7) is 11.3. The second-order valence-electron chi connectivity index (χ2n) is 9.34. The molecule has 5 nitrogen and oxygen atoms in total. The van der Waals surface area contributed by atoms with Gasteiger partial charge in [0.1, 0.15) is 0 Å². The number of carbonyl (C=O) groups is 1. The van der Waals surface area contributed by atoms with Crippen molar-refractivity contribution in [1.82, 2.24) is 14.7 Å². The van der Waals surface area contributed by atoms with Crippen LogP contribution in [-0.4, -0.2) is 78.1 Å². The molecule has 0 spiro atoms. The number of likely N-dealkylation sites (tertiary alicyclic amines) is 2. The van der Waals surface area contributed by atoms with Gasteiger partial charge in [-0.3, -0.25) is 14.6 Å². The maximum Gasteiger partial charge on any atom is 0.226 e. The first-order valence-corrected chi connectivity index (χ1v) is 11.5. The van der Waals surface area contributed by atoms with Gasteiger partial charge in [-0.05, 0) is 58.2 Å². The van der Waals surface area contributed by atoms with Crippen LogP contribution in [-0.2, 0) is 16.1 Å². The molecular formula is C24H37N3O2. The summed E-state index contributed by atoms with van der Waals surface area (Å²) in [6.07, 6.45) is 4.88. The molecule has 1 aromatic carbocycles. The third kappa shape index (κ3) is 5.39. The zero-order valence-electron chi connectivity index (χ0n) is 18.1. The SMILES string of the molecule is CC1CN(CC2CCCN2C(=O)C2CCN(Cc3ccccc3)CC2)CC(C)O1. The first-order valence-electron chi connectivity index (χ1n) is 11.5. The highest BCUT2D eigenvalue weighted by molar-refractivity contribution is 5.79. The van der Waals surface area contributed by atoms with Crippen LogP contribution in [0.2, 0.25) is 0 Å². The maximum absolute atomic E-state index is 13.3. The van der Waals surface area contributed by atoms with Gasteiger partial charge in [0.15, 0.2) is 0 Å². The van der Waals surface area contributed by atoms with Crippen LogP contribution < -0.4 is 0 Å². The van der Waals surface area contributed by atoms with Gasteiger partial charge < -0.3 is 9.64 Å². The van der Waals surface area contributed by atoms with Crippen molar-refractivity contribution in [2.24, 2.45) is 5.92 Å². The van der Waals surface area contributed by atoms with Crippen molar-refractivity contribution < 1.29 is 9.53 Å². The second-order valence-corrected chi connectivity index (χ2v) is 9.34. The standard InChI is InChI=1S/C24H37N3O2/c1-19-15-26(16-20(2)29-19)18-23-9-6-12-27(23)24(28)22-10-13-25(14-11-22)17-21-7-4-3-5-8-21/h3-5,7-8,19-20,22-23H,6,9-18H2,1-2H3. The van der Waals surface area contributed by atoms with Crippen molar-refractivity contribution in [2.75, 3.05) is 39.3 Å². The van der Waals surface area contributed by atoms with Crippen molar-refractivity contribution in [1.29, 1.82) is 0 Å². The van der Waals surface area contributed by atoms with Gasteiger partial charge in [-0.2, -0.15) is 0 Å². The Bertz CT molecular complexity index is 649. The number of carbonyl (C=O) groups excluding carboxylic acids is 1. The second kappa shape index (κ2) is 9.59. The Balaban J connectivity index is 1.27. The molecule has 1 aromatic rings. The van der Waals surface area contributed by atoms with Crippen molar-refractivity contribution >= 4 is 5.91 Å². The molecule has 4 rings (SSSR count). The van der Waals surface area contributed by atoms with E-state index in [-0.39, 0.29) is 5.92 Å². The van der Waals surface area contributed by atoms with E-state index in [4.69, 9.17) is 4.74 Å². The van der Waals surface area contributed by atoms with Crippen LogP contribution in [0.5, 0.6) is 0 Å². The number of amides is 1. The van der Waals surface area contributed by atoms with E-state index in [1.165, 1.54) is 5.56 Å². The predicted octanol–water partition coefficient (Wildman–Crippen LogP) is 3.00. The fourth-order valence-electron chi connectivity index (χ4n) is 5.46. The highest BCUT2D eigenvalue weighted by Gasteiger charge is 2.36. The smallest absolute Gasteiger partial charge is 0.226 e. The number of hydrogen-bond donors (Lipinski definition) is 0. The van der Waals surface area contributed by atoms with Crippen LogP contribution in [0, 0.1) is 5.92 Å². The Morgan fingerprint density at radius 1 is 0.966 bits per heavy atom. The molecule has 0 bridgehead atoms. The predicted molar refractivity (Wildman–Crippen MR) is 116 cm³/mol. The van der Waals surface area contributed by atoms with Crippen molar-refractivity contribution in [3.63, 3.8) is 0 Å². The van der Waals surface area contributed by atoms with E-state index in [2.05, 4.69) is 58.9 Å². The number of piperidine rings is 1. The van der Waals surface area contributed by atoms with Crippen LogP contribution in [0.4, 0.5) is 0 Å². The van der Waals surface area contributed by atoms with Crippen LogP contribution in [0.15, 0.2) is 30.3 Å². The quantitative estimate of drug-likeness (QED) is 0.763. The van der Waals surface area contributed by atoms with Crippen molar-refractivity contribution in [3.05, 3.63) is 35.9 Å². The van der Waals surface area contributed by atoms with E-state index in [9.17, 15) is 4.79 Å². The van der Waals surface area contributed by atoms with E-state index in [1.54, 1.807) is 0 Å². The minimum atomic E-state index is 0.213. The number of nitrogens with zero attached hydrogens (tertiary/aromatic N) is 3. The normalized spacial score (nSPS) is 30.0. The lowest BCUT2D eigenvalue weighted by Gasteiger charge is -2.39. The largest absolute Gasteiger partial charge is 0.373 e. The Hall–Kier alpha value is -1.43. The van der Waals surface area contributed by atoms with Crippen molar-refractivity contribution in [2.45, 2.75) is 64.3 Å². The molecule has 0 N–H and O–H groups in total. The Kier molecular flexibility index (Phi) is 6.88. The zero-order valence-corrected chi connectivity index (χ0v) is 18.1. The van der Waals surface area contributed by atoms with Crippen molar-refractivity contribution in [3.8, 4) is 0 Å². The maximum atomic E-state index is 13.3. The summed E-state index contributed by atoms with van der Waals surface area (Å²) in [5.41, 5.74) is 1.37. The molecule has 3 unspecified atom stereocenters. The van der Waals surface area contributed by atoms with E-state index >= 15 is 0 Å². The molecule has 5 heteroatoms. The lowest BCUT2D eigenvalue weighted by atomic mass is 9.94. The summed E-state index contributed by atoms with van der Waals surface area (Å²) < 4.78 is 5.88. The van der Waals surface area contributed by atoms with Crippen LogP contribution in [0.25, 0.3) is 0 Å². The number of ether oxygens (including phenoxy) is 1. The average Bonchev–Trinajstić information content (AvgIpc) is 3.16. The van der Waals surface area contributed by atoms with Gasteiger partial charge in [-0.15, -0.1) is 0 Å². The van der Waals surface area contributed by atoms with E-state index in [0.29, 0.717) is 24.2 Å². The topological polar surface area (TPSA) is 36.0 Å². The summed E-state index contributed by atoms with van der Waals surface area (Å²) in [5, 5.41) is 0. The molecule has 3 fully saturated rings. The van der Waals surface area contributed by atoms with Crippen LogP contribution >= 0.6 is 0 Å². The first-order chi connectivity index (χ1) is 14.1. The number of morpholine rings is 1. The molecule has 0 aromatic heterocycles. The monoisotopic (exact) mass is 399 g/mol. The summed E-state index contributed by atoms with van der Waals surface area (Å²) in [6, 6.07) is 11.1. The molecule has 3 atom stereocenters. The highest BCUT2D eigenvalue weighted by Crippen LogP contribution is 2.27. The number of rotatable bonds is 5. The molecule has 29 heavy (non-hydrogen) atoms. The van der Waals surface area contributed by atoms with E-state index in [1.807, 2.05) is 0 Å². The third-order valence-corrected chi connectivity index (χ3v) is 6.81. The Morgan fingerprint density at radius 3 is 2.34 bits per heavy atom. The van der Waals surface area contributed by atoms with Gasteiger partial charge in [0.25, 0.3) is 0 Å². The molecule has 0 radical (unpaired) electrons. The van der Waals surface area contributed by atoms with Gasteiger partial charge >= 0.3 is 0 Å². The fourth-order valence-corrected chi connectivity index (χ4v) is 5.46. The molecule has 160 valence electrons. The molecule has 0 saturated carbocycles. The third-order valence-electron chi connectivity index (χ3n) is 6.81. The molecular weight excluding hydrogens is 362 g/mol. The molecule has 1 amide bonds. The fraction of sp³-hybridized carbons (Fsp3) is 0.708. The first kappa shape index (κ1) is 20.8. The zero-order chi connectivity index (χ0) is 20.2. The molecule has 3 saturated heterocycles. The Labute approximate surface area is 176 Å². The summed E-state index contributed by atoms with van der Waals surface area (Å²) in [5.74, 6) is 0.631. The lowest BCUT2D eigenvalue weighted by Crippen LogP contribution is -2.52. The van der Waals surface area contributed by atoms with Gasteiger partial charge in [0.2, 0.25) is 5.91 Å². The molecule has 3 aliphatic rings. The molecule has 0 aliphatic carbocycles. The van der Waals surface area contributed by atoms with Gasteiger partial charge in [0.05, 0.1) is 12.2 Å². The lowest BCUT2D eigenvalue weighted by molar-refractivity contribution is -0.139. The van der Waals surface area contributed by atoms with Crippen LogP contribution in [0.3, 0.4) is 0 Å². The summed E-state index contributed by atoms with van der Waals surface area (Å²) in [4.78, 5) is 20.5. The summed E-state index contributed by atoms with van der Waals surface area (Å²) >= 11 is 0. The Morgan fingerprint density at radius 2 is 1.66 bits per heavy atom. The van der Waals surface area contributed by atoms with Crippen LogP contribution in [0.1, 0.15) is 45.1 Å². The molecule has 3 heterocycles. The van der Waals surface area contributed by atoms with E-state index < -0.39 is 0 Å². The van der Waals surface area contributed by atoms with Gasteiger partial charge in [-0.25, -0.2) is 0 Å². The average molecular weight is 400 g/mol. The minimum Gasteiger partial charge on any atom is -0.373 e. The number of benzene rings is 1. The van der Waals surface area contributed by atoms with Gasteiger partial charge in [0, 0.05) is 44.7 Å². The minimum absolute atomic E-state index is 0.213.